The van der Waals surface area contributed by atoms with Gasteiger partial charge in [-0.05, 0) is 35.6 Å². The minimum atomic E-state index is -0.896. The largest absolute Gasteiger partial charge is 0.469 e. The minimum Gasteiger partial charge on any atom is -0.469 e. The summed E-state index contributed by atoms with van der Waals surface area (Å²) >= 11 is 0. The molecule has 2 aromatic heterocycles. The van der Waals surface area contributed by atoms with Crippen LogP contribution in [0.15, 0.2) is 57.6 Å². The molecule has 10 nitrogen and oxygen atoms in total. The normalized spacial score (nSPS) is 24.7. The van der Waals surface area contributed by atoms with Crippen molar-refractivity contribution >= 4 is 11.6 Å². The molecule has 0 aliphatic carbocycles. The summed E-state index contributed by atoms with van der Waals surface area (Å²) in [5, 5.41) is 6.63. The van der Waals surface area contributed by atoms with Gasteiger partial charge in [0.1, 0.15) is 29.2 Å². The Morgan fingerprint density at radius 2 is 2.00 bits per heavy atom. The van der Waals surface area contributed by atoms with Crippen LogP contribution in [0.25, 0.3) is 11.6 Å². The Bertz CT molecular complexity index is 1590. The van der Waals surface area contributed by atoms with Crippen LogP contribution in [-0.2, 0) is 28.0 Å². The highest BCUT2D eigenvalue weighted by Crippen LogP contribution is 2.59. The molecule has 1 amide bonds. The Balaban J connectivity index is 1.56. The second-order valence-corrected chi connectivity index (χ2v) is 10.7. The third kappa shape index (κ3) is 3.44. The summed E-state index contributed by atoms with van der Waals surface area (Å²) in [5.74, 6) is 1.60. The Morgan fingerprint density at radius 1 is 1.15 bits per heavy atom. The lowest BCUT2D eigenvalue weighted by molar-refractivity contribution is -0.123. The number of carbonyl (C=O) groups is 1. The van der Waals surface area contributed by atoms with Gasteiger partial charge in [0.25, 0.3) is 0 Å². The molecular formula is C29H29N5O5. The maximum atomic E-state index is 13.2. The van der Waals surface area contributed by atoms with Gasteiger partial charge in [-0.2, -0.15) is 0 Å². The Labute approximate surface area is 224 Å². The lowest BCUT2D eigenvalue weighted by Gasteiger charge is -2.28. The molecule has 4 atom stereocenters. The van der Waals surface area contributed by atoms with Crippen LogP contribution in [0.5, 0.6) is 5.75 Å². The fourth-order valence-corrected chi connectivity index (χ4v) is 5.99. The van der Waals surface area contributed by atoms with Crippen molar-refractivity contribution in [2.24, 2.45) is 11.7 Å². The van der Waals surface area contributed by atoms with Crippen molar-refractivity contribution in [2.75, 3.05) is 12.4 Å². The van der Waals surface area contributed by atoms with Crippen molar-refractivity contribution in [3.05, 3.63) is 82.8 Å². The highest BCUT2D eigenvalue weighted by Gasteiger charge is 2.61. The van der Waals surface area contributed by atoms with Gasteiger partial charge in [0.15, 0.2) is 17.7 Å². The fraction of sp³-hybridized carbons (Fsp3) is 0.345. The summed E-state index contributed by atoms with van der Waals surface area (Å²) in [6.45, 7) is 4.29. The first-order valence-corrected chi connectivity index (χ1v) is 13.1. The molecule has 2 unspecified atom stereocenters. The Morgan fingerprint density at radius 3 is 2.82 bits per heavy atom. The smallest absolute Gasteiger partial charge is 0.249 e. The summed E-state index contributed by atoms with van der Waals surface area (Å²) in [4.78, 5) is 22.8. The first-order valence-electron chi connectivity index (χ1n) is 13.1. The number of aromatic nitrogens is 2. The monoisotopic (exact) mass is 527 g/mol. The van der Waals surface area contributed by atoms with E-state index < -0.39 is 23.7 Å². The van der Waals surface area contributed by atoms with E-state index in [0.717, 1.165) is 28.1 Å². The molecule has 5 heterocycles. The molecule has 0 radical (unpaired) electrons. The molecule has 10 heteroatoms. The van der Waals surface area contributed by atoms with Gasteiger partial charge in [-0.1, -0.05) is 44.2 Å². The topological polar surface area (TPSA) is 138 Å². The van der Waals surface area contributed by atoms with Crippen LogP contribution >= 0.6 is 0 Å². The van der Waals surface area contributed by atoms with Crippen LogP contribution in [0.3, 0.4) is 0 Å². The second kappa shape index (κ2) is 8.69. The molecule has 1 spiro atoms. The van der Waals surface area contributed by atoms with E-state index in [1.807, 2.05) is 44.2 Å². The van der Waals surface area contributed by atoms with E-state index in [0.29, 0.717) is 42.0 Å². The van der Waals surface area contributed by atoms with Gasteiger partial charge in [-0.15, -0.1) is 0 Å². The number of oxazole rings is 2. The number of hydrogen-bond acceptors (Lipinski definition) is 9. The van der Waals surface area contributed by atoms with Gasteiger partial charge in [-0.25, -0.2) is 9.97 Å². The third-order valence-corrected chi connectivity index (χ3v) is 7.82. The van der Waals surface area contributed by atoms with Gasteiger partial charge in [0, 0.05) is 18.4 Å². The van der Waals surface area contributed by atoms with Gasteiger partial charge >= 0.3 is 0 Å². The van der Waals surface area contributed by atoms with Crippen LogP contribution < -0.4 is 21.1 Å². The number of carbonyl (C=O) groups excluding carboxylic acids is 1. The summed E-state index contributed by atoms with van der Waals surface area (Å²) in [6, 6.07) is 12.8. The lowest BCUT2D eigenvalue weighted by Crippen LogP contribution is -2.45. The summed E-state index contributed by atoms with van der Waals surface area (Å²) in [7, 11) is 1.60. The minimum absolute atomic E-state index is 0.0347. The number of rotatable bonds is 4. The number of nitrogens with two attached hydrogens (primary N) is 1. The highest BCUT2D eigenvalue weighted by molar-refractivity contribution is 5.82. The summed E-state index contributed by atoms with van der Waals surface area (Å²) in [5.41, 5.74) is 10.3. The van der Waals surface area contributed by atoms with E-state index >= 15 is 0 Å². The predicted octanol–water partition coefficient (Wildman–Crippen LogP) is 3.65. The molecule has 0 saturated carbocycles. The number of benzene rings is 2. The third-order valence-electron chi connectivity index (χ3n) is 7.82. The Hall–Kier alpha value is -4.15. The van der Waals surface area contributed by atoms with Crippen LogP contribution in [0.2, 0.25) is 0 Å². The zero-order valence-electron chi connectivity index (χ0n) is 21.9. The SMILES string of the molecule is COCc1coc(-c2nc3oc2C24c5ccccc5NC2Oc2ccc(cc24)C[C@H](N)C(=O)N[C@H]3C(C)C)n1. The van der Waals surface area contributed by atoms with E-state index in [1.54, 1.807) is 13.4 Å². The van der Waals surface area contributed by atoms with Crippen molar-refractivity contribution in [2.45, 2.75) is 50.6 Å². The van der Waals surface area contributed by atoms with Gasteiger partial charge in [0.2, 0.25) is 17.7 Å². The van der Waals surface area contributed by atoms with E-state index in [2.05, 4.69) is 27.8 Å². The number of amides is 1. The number of fused-ring (bicyclic) bond motifs is 4. The molecule has 4 N–H and O–H groups in total. The zero-order chi connectivity index (χ0) is 26.9. The van der Waals surface area contributed by atoms with Crippen molar-refractivity contribution in [1.82, 2.24) is 15.3 Å². The average Bonchev–Trinajstić information content (AvgIpc) is 3.67. The van der Waals surface area contributed by atoms with Crippen molar-refractivity contribution < 1.29 is 23.1 Å². The second-order valence-electron chi connectivity index (χ2n) is 10.7. The Kier molecular flexibility index (Phi) is 5.33. The molecular weight excluding hydrogens is 498 g/mol. The molecule has 200 valence electrons. The number of hydrogen-bond donors (Lipinski definition) is 3. The number of methoxy groups -OCH3 is 1. The highest BCUT2D eigenvalue weighted by atomic mass is 16.5. The molecule has 3 aliphatic rings. The fourth-order valence-electron chi connectivity index (χ4n) is 5.99. The van der Waals surface area contributed by atoms with Crippen LogP contribution in [0.4, 0.5) is 5.69 Å². The number of nitrogens with one attached hydrogen (secondary N) is 2. The summed E-state index contributed by atoms with van der Waals surface area (Å²) in [6.07, 6.45) is 1.43. The van der Waals surface area contributed by atoms with Gasteiger partial charge in [-0.3, -0.25) is 4.79 Å². The molecule has 0 fully saturated rings. The van der Waals surface area contributed by atoms with Gasteiger partial charge in [0.05, 0.1) is 12.6 Å². The average molecular weight is 528 g/mol. The first-order chi connectivity index (χ1) is 18.9. The number of ether oxygens (including phenoxy) is 2. The standard InChI is InChI=1S/C29H29N5O5/c1-14(2)22-27-34-23(26-31-16(12-36-3)13-37-26)24(39-27)29-17-6-4-5-7-20(17)32-28(29)38-21-9-8-15(10-18(21)29)11-19(30)25(35)33-22/h4-10,13-14,19,22,28,32H,11-12,30H2,1-3H3,(H,33,35)/t19-,22-,28?,29?/m0/s1. The number of anilines is 1. The quantitative estimate of drug-likeness (QED) is 0.363. The molecule has 39 heavy (non-hydrogen) atoms. The molecule has 4 aromatic rings. The summed E-state index contributed by atoms with van der Waals surface area (Å²) < 4.78 is 24.5. The molecule has 3 aliphatic heterocycles. The zero-order valence-corrected chi connectivity index (χ0v) is 21.9. The molecule has 0 saturated heterocycles. The molecule has 2 aromatic carbocycles. The number of nitrogens with zero attached hydrogens (tertiary/aromatic N) is 2. The maximum absolute atomic E-state index is 13.2. The van der Waals surface area contributed by atoms with E-state index in [9.17, 15) is 4.79 Å². The van der Waals surface area contributed by atoms with Crippen LogP contribution in [0.1, 0.15) is 53.9 Å². The van der Waals surface area contributed by atoms with Crippen molar-refractivity contribution in [3.8, 4) is 17.3 Å². The van der Waals surface area contributed by atoms with E-state index in [-0.39, 0.29) is 11.8 Å². The van der Waals surface area contributed by atoms with Crippen LogP contribution in [0, 0.1) is 5.92 Å². The molecule has 4 bridgehead atoms. The maximum Gasteiger partial charge on any atom is 0.249 e. The van der Waals surface area contributed by atoms with E-state index in [4.69, 9.17) is 29.0 Å². The molecule has 7 rings (SSSR count). The number of para-hydroxylation sites is 1. The van der Waals surface area contributed by atoms with E-state index in [1.165, 1.54) is 0 Å². The first kappa shape index (κ1) is 23.9. The van der Waals surface area contributed by atoms with Gasteiger partial charge < -0.3 is 34.7 Å². The predicted molar refractivity (Wildman–Crippen MR) is 141 cm³/mol. The van der Waals surface area contributed by atoms with Crippen molar-refractivity contribution in [1.29, 1.82) is 0 Å². The van der Waals surface area contributed by atoms with Crippen molar-refractivity contribution in [3.63, 3.8) is 0 Å². The van der Waals surface area contributed by atoms with Crippen LogP contribution in [-0.4, -0.2) is 35.3 Å². The lowest BCUT2D eigenvalue weighted by atomic mass is 9.72.